The number of thiophene rings is 1. The van der Waals surface area contributed by atoms with E-state index in [1.54, 1.807) is 23.3 Å². The quantitative estimate of drug-likeness (QED) is 0.768. The average Bonchev–Trinajstić information content (AvgIpc) is 3.12. The molecule has 2 aromatic rings. The minimum atomic E-state index is -3.58. The summed E-state index contributed by atoms with van der Waals surface area (Å²) in [4.78, 5) is 15.4. The first-order chi connectivity index (χ1) is 11.4. The third-order valence-corrected chi connectivity index (χ3v) is 6.17. The van der Waals surface area contributed by atoms with E-state index in [4.69, 9.17) is 0 Å². The van der Waals surface area contributed by atoms with Crippen LogP contribution >= 0.6 is 11.3 Å². The van der Waals surface area contributed by atoms with Crippen LogP contribution < -0.4 is 4.72 Å². The molecule has 0 fully saturated rings. The Hall–Kier alpha value is -1.96. The van der Waals surface area contributed by atoms with E-state index >= 15 is 0 Å². The maximum atomic E-state index is 12.6. The zero-order valence-electron chi connectivity index (χ0n) is 13.6. The summed E-state index contributed by atoms with van der Waals surface area (Å²) in [5.74, 6) is -0.154. The fourth-order valence-electron chi connectivity index (χ4n) is 2.13. The van der Waals surface area contributed by atoms with Crippen LogP contribution in [0.3, 0.4) is 0 Å². The molecular weight excluding hydrogens is 344 g/mol. The van der Waals surface area contributed by atoms with Crippen molar-refractivity contribution in [2.75, 3.05) is 13.6 Å². The van der Waals surface area contributed by atoms with Crippen LogP contribution in [0.15, 0.2) is 59.3 Å². The van der Waals surface area contributed by atoms with Crippen molar-refractivity contribution in [2.24, 2.45) is 0 Å². The van der Waals surface area contributed by atoms with Gasteiger partial charge in [0.1, 0.15) is 0 Å². The molecule has 0 spiro atoms. The summed E-state index contributed by atoms with van der Waals surface area (Å²) in [5.41, 5.74) is 0.448. The Labute approximate surface area is 146 Å². The van der Waals surface area contributed by atoms with Crippen molar-refractivity contribution in [2.45, 2.75) is 17.9 Å². The Morgan fingerprint density at radius 3 is 2.54 bits per heavy atom. The van der Waals surface area contributed by atoms with E-state index < -0.39 is 10.0 Å². The largest absolute Gasteiger partial charge is 0.334 e. The van der Waals surface area contributed by atoms with Gasteiger partial charge in [-0.15, -0.1) is 17.9 Å². The van der Waals surface area contributed by atoms with Gasteiger partial charge in [-0.3, -0.25) is 4.79 Å². The van der Waals surface area contributed by atoms with Crippen LogP contribution in [0.2, 0.25) is 0 Å². The predicted octanol–water partition coefficient (Wildman–Crippen LogP) is 3.05. The van der Waals surface area contributed by atoms with E-state index in [1.165, 1.54) is 30.3 Å². The second-order valence-corrected chi connectivity index (χ2v) is 8.02. The third kappa shape index (κ3) is 4.11. The fraction of sp³-hybridized carbons (Fsp3) is 0.235. The minimum Gasteiger partial charge on any atom is -0.334 e. The normalized spacial score (nSPS) is 12.6. The first-order valence-electron chi connectivity index (χ1n) is 7.38. The Morgan fingerprint density at radius 1 is 1.33 bits per heavy atom. The van der Waals surface area contributed by atoms with Crippen LogP contribution in [-0.2, 0) is 10.0 Å². The van der Waals surface area contributed by atoms with Crippen LogP contribution in [0, 0.1) is 0 Å². The number of benzene rings is 1. The van der Waals surface area contributed by atoms with Crippen molar-refractivity contribution in [1.82, 2.24) is 9.62 Å². The molecule has 0 aliphatic rings. The molecule has 0 radical (unpaired) electrons. The molecule has 2 rings (SSSR count). The minimum absolute atomic E-state index is 0.0461. The van der Waals surface area contributed by atoms with Crippen LogP contribution in [0.5, 0.6) is 0 Å². The van der Waals surface area contributed by atoms with Crippen LogP contribution in [0.4, 0.5) is 0 Å². The van der Waals surface area contributed by atoms with Crippen molar-refractivity contribution in [1.29, 1.82) is 0 Å². The number of hydrogen-bond acceptors (Lipinski definition) is 4. The molecule has 1 N–H and O–H groups in total. The lowest BCUT2D eigenvalue weighted by molar-refractivity contribution is 0.0745. The van der Waals surface area contributed by atoms with E-state index in [1.807, 2.05) is 24.4 Å². The number of sulfonamides is 1. The summed E-state index contributed by atoms with van der Waals surface area (Å²) in [5, 5.41) is 1.97. The second kappa shape index (κ2) is 7.74. The van der Waals surface area contributed by atoms with Gasteiger partial charge in [0.2, 0.25) is 10.0 Å². The van der Waals surface area contributed by atoms with Crippen LogP contribution in [-0.4, -0.2) is 32.8 Å². The zero-order chi connectivity index (χ0) is 17.7. The molecule has 0 saturated heterocycles. The molecule has 0 unspecified atom stereocenters. The first-order valence-corrected chi connectivity index (χ1v) is 9.74. The molecule has 0 bridgehead atoms. The molecule has 1 amide bonds. The number of carbonyl (C=O) groups is 1. The van der Waals surface area contributed by atoms with E-state index in [0.29, 0.717) is 5.56 Å². The molecule has 7 heteroatoms. The summed E-state index contributed by atoms with van der Waals surface area (Å²) in [7, 11) is -1.84. The summed E-state index contributed by atoms with van der Waals surface area (Å²) in [6.45, 7) is 5.59. The van der Waals surface area contributed by atoms with Crippen LogP contribution in [0.25, 0.3) is 0 Å². The van der Waals surface area contributed by atoms with Gasteiger partial charge in [0.05, 0.1) is 10.9 Å². The van der Waals surface area contributed by atoms with Crippen LogP contribution in [0.1, 0.15) is 28.2 Å². The molecule has 5 nitrogen and oxygen atoms in total. The molecule has 1 atom stereocenters. The molecule has 0 aliphatic heterocycles. The molecular formula is C17H20N2O3S2. The second-order valence-electron chi connectivity index (χ2n) is 5.27. The van der Waals surface area contributed by atoms with E-state index in [2.05, 4.69) is 11.3 Å². The number of rotatable bonds is 7. The van der Waals surface area contributed by atoms with Gasteiger partial charge in [-0.05, 0) is 42.6 Å². The Kier molecular flexibility index (Phi) is 5.93. The maximum Gasteiger partial charge on any atom is 0.254 e. The average molecular weight is 364 g/mol. The maximum absolute atomic E-state index is 12.6. The molecule has 1 aromatic heterocycles. The molecule has 24 heavy (non-hydrogen) atoms. The summed E-state index contributed by atoms with van der Waals surface area (Å²) in [6.07, 6.45) is 1.47. The van der Waals surface area contributed by atoms with Gasteiger partial charge >= 0.3 is 0 Å². The highest BCUT2D eigenvalue weighted by molar-refractivity contribution is 7.89. The number of nitrogens with one attached hydrogen (secondary N) is 1. The predicted molar refractivity (Wildman–Crippen MR) is 96.7 cm³/mol. The van der Waals surface area contributed by atoms with Gasteiger partial charge in [-0.1, -0.05) is 12.1 Å². The monoisotopic (exact) mass is 364 g/mol. The summed E-state index contributed by atoms with van der Waals surface area (Å²) in [6, 6.07) is 9.82. The highest BCUT2D eigenvalue weighted by atomic mass is 32.2. The first kappa shape index (κ1) is 18.4. The summed E-state index contributed by atoms with van der Waals surface area (Å²) < 4.78 is 26.4. The molecule has 1 aromatic carbocycles. The highest BCUT2D eigenvalue weighted by Crippen LogP contribution is 2.25. The van der Waals surface area contributed by atoms with Gasteiger partial charge < -0.3 is 4.90 Å². The summed E-state index contributed by atoms with van der Waals surface area (Å²) >= 11 is 1.60. The number of amides is 1. The SMILES string of the molecule is C=CCNS(=O)(=O)c1ccc(C(=O)N(C)[C@H](C)c2cccs2)cc1. The van der Waals surface area contributed by atoms with Crippen molar-refractivity contribution in [3.63, 3.8) is 0 Å². The van der Waals surface area contributed by atoms with Gasteiger partial charge in [0, 0.05) is 24.0 Å². The highest BCUT2D eigenvalue weighted by Gasteiger charge is 2.20. The van der Waals surface area contributed by atoms with Crippen molar-refractivity contribution in [3.8, 4) is 0 Å². The number of carbonyl (C=O) groups excluding carboxylic acids is 1. The van der Waals surface area contributed by atoms with E-state index in [-0.39, 0.29) is 23.4 Å². The van der Waals surface area contributed by atoms with Crippen molar-refractivity contribution >= 4 is 27.3 Å². The lowest BCUT2D eigenvalue weighted by Crippen LogP contribution is -2.29. The zero-order valence-corrected chi connectivity index (χ0v) is 15.2. The molecule has 1 heterocycles. The van der Waals surface area contributed by atoms with Gasteiger partial charge in [0.15, 0.2) is 0 Å². The molecule has 0 saturated carbocycles. The number of nitrogens with zero attached hydrogens (tertiary/aromatic N) is 1. The smallest absolute Gasteiger partial charge is 0.254 e. The molecule has 128 valence electrons. The molecule has 0 aliphatic carbocycles. The fourth-order valence-corrected chi connectivity index (χ4v) is 3.95. The standard InChI is InChI=1S/C17H20N2O3S2/c1-4-11-18-24(21,22)15-9-7-14(8-10-15)17(20)19(3)13(2)16-6-5-12-23-16/h4-10,12-13,18H,1,11H2,2-3H3/t13-/m1/s1. The lowest BCUT2D eigenvalue weighted by Gasteiger charge is -2.24. The van der Waals surface area contributed by atoms with Gasteiger partial charge in [-0.25, -0.2) is 13.1 Å². The van der Waals surface area contributed by atoms with Crippen molar-refractivity contribution < 1.29 is 13.2 Å². The topological polar surface area (TPSA) is 66.5 Å². The third-order valence-electron chi connectivity index (χ3n) is 3.69. The number of hydrogen-bond donors (Lipinski definition) is 1. The van der Waals surface area contributed by atoms with Gasteiger partial charge in [0.25, 0.3) is 5.91 Å². The Bertz CT molecular complexity index is 797. The van der Waals surface area contributed by atoms with E-state index in [9.17, 15) is 13.2 Å². The Morgan fingerprint density at radius 2 is 2.00 bits per heavy atom. The lowest BCUT2D eigenvalue weighted by atomic mass is 10.1. The van der Waals surface area contributed by atoms with Gasteiger partial charge in [-0.2, -0.15) is 0 Å². The van der Waals surface area contributed by atoms with Crippen molar-refractivity contribution in [3.05, 3.63) is 64.9 Å². The van der Waals surface area contributed by atoms with E-state index in [0.717, 1.165) is 4.88 Å². The Balaban J connectivity index is 2.15.